The minimum absolute atomic E-state index is 0.134. The van der Waals surface area contributed by atoms with Gasteiger partial charge in [0.15, 0.2) is 0 Å². The van der Waals surface area contributed by atoms with Gasteiger partial charge in [0, 0.05) is 25.8 Å². The Morgan fingerprint density at radius 3 is 2.61 bits per heavy atom. The molecule has 1 aliphatic rings. The van der Waals surface area contributed by atoms with Crippen molar-refractivity contribution in [2.24, 2.45) is 0 Å². The van der Waals surface area contributed by atoms with Crippen LogP contribution in [0.1, 0.15) is 41.6 Å². The van der Waals surface area contributed by atoms with Gasteiger partial charge < -0.3 is 10.2 Å². The number of rotatable bonds is 3. The van der Waals surface area contributed by atoms with Gasteiger partial charge in [0.1, 0.15) is 0 Å². The Morgan fingerprint density at radius 1 is 1.33 bits per heavy atom. The van der Waals surface area contributed by atoms with Crippen LogP contribution in [0.4, 0.5) is 5.69 Å². The lowest BCUT2D eigenvalue weighted by Crippen LogP contribution is -2.35. The molecule has 0 unspecified atom stereocenters. The van der Waals surface area contributed by atoms with E-state index in [0.717, 1.165) is 29.7 Å². The van der Waals surface area contributed by atoms with Crippen LogP contribution in [-0.4, -0.2) is 30.9 Å². The molecule has 18 heavy (non-hydrogen) atoms. The summed E-state index contributed by atoms with van der Waals surface area (Å²) >= 11 is 0. The van der Waals surface area contributed by atoms with Gasteiger partial charge in [-0.3, -0.25) is 4.79 Å². The standard InChI is InChI=1S/C15H22N2O/c1-11-8-9-14(16-2)13(10-11)15(18)17(3)12-6-4-5-7-12/h8-10,12,16H,4-7H2,1-3H3. The van der Waals surface area contributed by atoms with E-state index in [9.17, 15) is 4.79 Å². The molecule has 1 amide bonds. The first-order chi connectivity index (χ1) is 8.63. The Labute approximate surface area is 109 Å². The Kier molecular flexibility index (Phi) is 3.90. The summed E-state index contributed by atoms with van der Waals surface area (Å²) in [4.78, 5) is 14.5. The molecule has 0 heterocycles. The molecular formula is C15H22N2O. The van der Waals surface area contributed by atoms with Gasteiger partial charge in [0.25, 0.3) is 5.91 Å². The van der Waals surface area contributed by atoms with Crippen molar-refractivity contribution in [1.29, 1.82) is 0 Å². The summed E-state index contributed by atoms with van der Waals surface area (Å²) in [6.45, 7) is 2.02. The van der Waals surface area contributed by atoms with E-state index >= 15 is 0 Å². The number of nitrogens with one attached hydrogen (secondary N) is 1. The number of nitrogens with zero attached hydrogens (tertiary/aromatic N) is 1. The number of anilines is 1. The van der Waals surface area contributed by atoms with Crippen LogP contribution < -0.4 is 5.32 Å². The number of aryl methyl sites for hydroxylation is 1. The first kappa shape index (κ1) is 12.9. The van der Waals surface area contributed by atoms with E-state index < -0.39 is 0 Å². The monoisotopic (exact) mass is 246 g/mol. The van der Waals surface area contributed by atoms with Crippen LogP contribution in [0.5, 0.6) is 0 Å². The van der Waals surface area contributed by atoms with Crippen molar-refractivity contribution in [1.82, 2.24) is 4.90 Å². The Hall–Kier alpha value is -1.51. The third kappa shape index (κ3) is 2.50. The molecule has 0 aromatic heterocycles. The van der Waals surface area contributed by atoms with Crippen LogP contribution in [0.25, 0.3) is 0 Å². The van der Waals surface area contributed by atoms with Crippen molar-refractivity contribution in [3.63, 3.8) is 0 Å². The van der Waals surface area contributed by atoms with Gasteiger partial charge in [0.05, 0.1) is 5.56 Å². The molecular weight excluding hydrogens is 224 g/mol. The fourth-order valence-electron chi connectivity index (χ4n) is 2.70. The zero-order chi connectivity index (χ0) is 13.1. The van der Waals surface area contributed by atoms with Crippen LogP contribution in [0.2, 0.25) is 0 Å². The Balaban J connectivity index is 2.24. The van der Waals surface area contributed by atoms with Crippen molar-refractivity contribution in [3.05, 3.63) is 29.3 Å². The van der Waals surface area contributed by atoms with Crippen LogP contribution in [-0.2, 0) is 0 Å². The lowest BCUT2D eigenvalue weighted by Gasteiger charge is -2.25. The van der Waals surface area contributed by atoms with E-state index in [4.69, 9.17) is 0 Å². The molecule has 1 aromatic rings. The topological polar surface area (TPSA) is 32.3 Å². The van der Waals surface area contributed by atoms with Crippen molar-refractivity contribution in [3.8, 4) is 0 Å². The third-order valence-electron chi connectivity index (χ3n) is 3.87. The molecule has 1 aromatic carbocycles. The van der Waals surface area contributed by atoms with Crippen LogP contribution >= 0.6 is 0 Å². The first-order valence-electron chi connectivity index (χ1n) is 6.69. The summed E-state index contributed by atoms with van der Waals surface area (Å²) in [5.41, 5.74) is 2.82. The molecule has 0 spiro atoms. The highest BCUT2D eigenvalue weighted by molar-refractivity contribution is 5.99. The number of carbonyl (C=O) groups excluding carboxylic acids is 1. The molecule has 1 saturated carbocycles. The zero-order valence-corrected chi connectivity index (χ0v) is 11.5. The van der Waals surface area contributed by atoms with E-state index in [2.05, 4.69) is 5.32 Å². The second-order valence-corrected chi connectivity index (χ2v) is 5.15. The maximum Gasteiger partial charge on any atom is 0.255 e. The smallest absolute Gasteiger partial charge is 0.255 e. The van der Waals surface area contributed by atoms with Crippen molar-refractivity contribution >= 4 is 11.6 Å². The van der Waals surface area contributed by atoms with E-state index in [-0.39, 0.29) is 5.91 Å². The summed E-state index contributed by atoms with van der Waals surface area (Å²) in [5, 5.41) is 3.10. The van der Waals surface area contributed by atoms with Crippen molar-refractivity contribution < 1.29 is 4.79 Å². The molecule has 1 aliphatic carbocycles. The number of hydrogen-bond donors (Lipinski definition) is 1. The molecule has 0 atom stereocenters. The first-order valence-corrected chi connectivity index (χ1v) is 6.69. The lowest BCUT2D eigenvalue weighted by atomic mass is 10.1. The minimum atomic E-state index is 0.134. The second kappa shape index (κ2) is 5.42. The molecule has 0 radical (unpaired) electrons. The second-order valence-electron chi connectivity index (χ2n) is 5.15. The Bertz CT molecular complexity index is 436. The molecule has 3 nitrogen and oxygen atoms in total. The van der Waals surface area contributed by atoms with Gasteiger partial charge in [-0.2, -0.15) is 0 Å². The van der Waals surface area contributed by atoms with Crippen LogP contribution in [0.3, 0.4) is 0 Å². The highest BCUT2D eigenvalue weighted by Gasteiger charge is 2.25. The number of benzene rings is 1. The molecule has 2 rings (SSSR count). The average molecular weight is 246 g/mol. The molecule has 3 heteroatoms. The quantitative estimate of drug-likeness (QED) is 0.889. The number of carbonyl (C=O) groups is 1. The highest BCUT2D eigenvalue weighted by atomic mass is 16.2. The van der Waals surface area contributed by atoms with Crippen LogP contribution in [0.15, 0.2) is 18.2 Å². The van der Waals surface area contributed by atoms with Gasteiger partial charge in [-0.1, -0.05) is 24.5 Å². The predicted octanol–water partition coefficient (Wildman–Crippen LogP) is 3.05. The normalized spacial score (nSPS) is 15.7. The van der Waals surface area contributed by atoms with Gasteiger partial charge in [-0.25, -0.2) is 0 Å². The highest BCUT2D eigenvalue weighted by Crippen LogP contribution is 2.26. The van der Waals surface area contributed by atoms with Crippen molar-refractivity contribution in [2.45, 2.75) is 38.6 Å². The predicted molar refractivity (Wildman–Crippen MR) is 75.1 cm³/mol. The summed E-state index contributed by atoms with van der Waals surface area (Å²) in [5.74, 6) is 0.134. The molecule has 0 bridgehead atoms. The van der Waals surface area contributed by atoms with Gasteiger partial charge >= 0.3 is 0 Å². The Morgan fingerprint density at radius 2 is 2.00 bits per heavy atom. The SMILES string of the molecule is CNc1ccc(C)cc1C(=O)N(C)C1CCCC1. The number of amides is 1. The summed E-state index contributed by atoms with van der Waals surface area (Å²) in [7, 11) is 3.79. The van der Waals surface area contributed by atoms with E-state index in [0.29, 0.717) is 6.04 Å². The fraction of sp³-hybridized carbons (Fsp3) is 0.533. The van der Waals surface area contributed by atoms with Crippen LogP contribution in [0, 0.1) is 6.92 Å². The average Bonchev–Trinajstić information content (AvgIpc) is 2.90. The van der Waals surface area contributed by atoms with E-state index in [1.807, 2.05) is 44.1 Å². The third-order valence-corrected chi connectivity index (χ3v) is 3.87. The van der Waals surface area contributed by atoms with E-state index in [1.54, 1.807) is 0 Å². The summed E-state index contributed by atoms with van der Waals surface area (Å²) < 4.78 is 0. The summed E-state index contributed by atoms with van der Waals surface area (Å²) in [6, 6.07) is 6.39. The van der Waals surface area contributed by atoms with Gasteiger partial charge in [0.2, 0.25) is 0 Å². The molecule has 0 saturated heterocycles. The molecule has 1 fully saturated rings. The molecule has 0 aliphatic heterocycles. The van der Waals surface area contributed by atoms with Crippen molar-refractivity contribution in [2.75, 3.05) is 19.4 Å². The minimum Gasteiger partial charge on any atom is -0.387 e. The largest absolute Gasteiger partial charge is 0.387 e. The lowest BCUT2D eigenvalue weighted by molar-refractivity contribution is 0.0736. The maximum atomic E-state index is 12.5. The maximum absolute atomic E-state index is 12.5. The fourth-order valence-corrected chi connectivity index (χ4v) is 2.70. The zero-order valence-electron chi connectivity index (χ0n) is 11.5. The van der Waals surface area contributed by atoms with Gasteiger partial charge in [-0.15, -0.1) is 0 Å². The van der Waals surface area contributed by atoms with Gasteiger partial charge in [-0.05, 0) is 31.9 Å². The molecule has 98 valence electrons. The van der Waals surface area contributed by atoms with E-state index in [1.165, 1.54) is 12.8 Å². The molecule has 1 N–H and O–H groups in total. The summed E-state index contributed by atoms with van der Waals surface area (Å²) in [6.07, 6.45) is 4.77. The number of hydrogen-bond acceptors (Lipinski definition) is 2.